The fourth-order valence-corrected chi connectivity index (χ4v) is 5.02. The first-order valence-corrected chi connectivity index (χ1v) is 10.3. The number of carbonyl (C=O) groups excluding carboxylic acids is 1. The molecule has 2 aromatic rings. The molecule has 0 aromatic heterocycles. The molecule has 6 heteroatoms. The molecule has 2 aromatic carbocycles. The van der Waals surface area contributed by atoms with E-state index in [2.05, 4.69) is 11.4 Å². The molecule has 0 aliphatic carbocycles. The molecule has 0 unspecified atom stereocenters. The molecule has 5 nitrogen and oxygen atoms in total. The number of hydrogen-bond acceptors (Lipinski definition) is 3. The molecule has 3 rings (SSSR count). The minimum absolute atomic E-state index is 0.0975. The van der Waals surface area contributed by atoms with Gasteiger partial charge < -0.3 is 5.32 Å². The highest BCUT2D eigenvalue weighted by Gasteiger charge is 2.36. The lowest BCUT2D eigenvalue weighted by Crippen LogP contribution is -2.30. The van der Waals surface area contributed by atoms with Gasteiger partial charge in [0.2, 0.25) is 15.9 Å². The van der Waals surface area contributed by atoms with Crippen LogP contribution in [0.15, 0.2) is 53.4 Å². The Morgan fingerprint density at radius 2 is 1.92 bits per heavy atom. The summed E-state index contributed by atoms with van der Waals surface area (Å²) in [5.74, 6) is -0.0975. The highest BCUT2D eigenvalue weighted by molar-refractivity contribution is 7.89. The normalized spacial score (nSPS) is 18.0. The Kier molecular flexibility index (Phi) is 5.44. The second-order valence-electron chi connectivity index (χ2n) is 6.61. The van der Waals surface area contributed by atoms with Crippen molar-refractivity contribution in [3.05, 3.63) is 59.7 Å². The van der Waals surface area contributed by atoms with Crippen LogP contribution in [0, 0.1) is 6.92 Å². The van der Waals surface area contributed by atoms with Crippen molar-refractivity contribution in [2.75, 3.05) is 11.9 Å². The van der Waals surface area contributed by atoms with E-state index in [9.17, 15) is 13.2 Å². The van der Waals surface area contributed by atoms with E-state index in [-0.39, 0.29) is 16.8 Å². The molecule has 0 spiro atoms. The summed E-state index contributed by atoms with van der Waals surface area (Å²) in [6, 6.07) is 14.3. The Morgan fingerprint density at radius 1 is 1.19 bits per heavy atom. The largest absolute Gasteiger partial charge is 0.326 e. The first-order valence-electron chi connectivity index (χ1n) is 8.90. The highest BCUT2D eigenvalue weighted by Crippen LogP contribution is 2.36. The fourth-order valence-electron chi connectivity index (χ4n) is 3.33. The van der Waals surface area contributed by atoms with E-state index in [0.717, 1.165) is 24.0 Å². The lowest BCUT2D eigenvalue weighted by molar-refractivity contribution is -0.115. The lowest BCUT2D eigenvalue weighted by atomic mass is 10.0. The molecule has 1 saturated heterocycles. The van der Waals surface area contributed by atoms with Crippen molar-refractivity contribution in [3.8, 4) is 0 Å². The van der Waals surface area contributed by atoms with E-state index in [0.29, 0.717) is 18.7 Å². The summed E-state index contributed by atoms with van der Waals surface area (Å²) >= 11 is 0. The summed E-state index contributed by atoms with van der Waals surface area (Å²) < 4.78 is 27.9. The van der Waals surface area contributed by atoms with Gasteiger partial charge in [0.15, 0.2) is 0 Å². The van der Waals surface area contributed by atoms with Gasteiger partial charge in [0.1, 0.15) is 0 Å². The minimum atomic E-state index is -3.58. The van der Waals surface area contributed by atoms with Gasteiger partial charge in [-0.15, -0.1) is 0 Å². The molecular weight excluding hydrogens is 348 g/mol. The highest BCUT2D eigenvalue weighted by atomic mass is 32.2. The molecule has 26 heavy (non-hydrogen) atoms. The predicted octanol–water partition coefficient (Wildman–Crippen LogP) is 3.87. The fraction of sp³-hybridized carbons (Fsp3) is 0.350. The molecule has 1 N–H and O–H groups in total. The summed E-state index contributed by atoms with van der Waals surface area (Å²) in [6.07, 6.45) is 2.06. The SMILES string of the molecule is CCC(=O)Nc1ccc(S(=O)(=O)N2CCC[C@H]2c2cccc(C)c2)cc1. The molecule has 1 aliphatic heterocycles. The number of hydrogen-bond donors (Lipinski definition) is 1. The zero-order valence-corrected chi connectivity index (χ0v) is 15.9. The topological polar surface area (TPSA) is 66.5 Å². The van der Waals surface area contributed by atoms with Gasteiger partial charge in [0.25, 0.3) is 0 Å². The van der Waals surface area contributed by atoms with Crippen LogP contribution in [0.3, 0.4) is 0 Å². The minimum Gasteiger partial charge on any atom is -0.326 e. The van der Waals surface area contributed by atoms with Crippen molar-refractivity contribution in [2.24, 2.45) is 0 Å². The Bertz CT molecular complexity index is 892. The van der Waals surface area contributed by atoms with E-state index >= 15 is 0 Å². The maximum atomic E-state index is 13.1. The number of nitrogens with one attached hydrogen (secondary N) is 1. The Morgan fingerprint density at radius 3 is 2.58 bits per heavy atom. The van der Waals surface area contributed by atoms with Crippen LogP contribution in [0.5, 0.6) is 0 Å². The van der Waals surface area contributed by atoms with E-state index in [1.807, 2.05) is 25.1 Å². The third kappa shape index (κ3) is 3.81. The summed E-state index contributed by atoms with van der Waals surface area (Å²) in [7, 11) is -3.58. The molecule has 1 atom stereocenters. The summed E-state index contributed by atoms with van der Waals surface area (Å²) in [4.78, 5) is 11.7. The molecule has 0 radical (unpaired) electrons. The first-order chi connectivity index (χ1) is 12.4. The average Bonchev–Trinajstić information content (AvgIpc) is 3.13. The van der Waals surface area contributed by atoms with Gasteiger partial charge in [0.05, 0.1) is 10.9 Å². The molecule has 1 amide bonds. The van der Waals surface area contributed by atoms with Crippen LogP contribution < -0.4 is 5.32 Å². The first kappa shape index (κ1) is 18.6. The van der Waals surface area contributed by atoms with Crippen molar-refractivity contribution < 1.29 is 13.2 Å². The van der Waals surface area contributed by atoms with E-state index in [1.54, 1.807) is 35.5 Å². The van der Waals surface area contributed by atoms with Crippen LogP contribution in [0.25, 0.3) is 0 Å². The second-order valence-corrected chi connectivity index (χ2v) is 8.50. The summed E-state index contributed by atoms with van der Waals surface area (Å²) in [6.45, 7) is 4.31. The average molecular weight is 372 g/mol. The quantitative estimate of drug-likeness (QED) is 0.866. The monoisotopic (exact) mass is 372 g/mol. The maximum Gasteiger partial charge on any atom is 0.243 e. The Labute approximate surface area is 155 Å². The van der Waals surface area contributed by atoms with Crippen molar-refractivity contribution in [2.45, 2.75) is 44.0 Å². The van der Waals surface area contributed by atoms with Crippen LogP contribution in [-0.4, -0.2) is 25.2 Å². The van der Waals surface area contributed by atoms with E-state index in [1.165, 1.54) is 0 Å². The van der Waals surface area contributed by atoms with Gasteiger partial charge in [-0.2, -0.15) is 4.31 Å². The van der Waals surface area contributed by atoms with Gasteiger partial charge in [-0.25, -0.2) is 8.42 Å². The Hall–Kier alpha value is -2.18. The molecule has 0 saturated carbocycles. The second kappa shape index (κ2) is 7.60. The summed E-state index contributed by atoms with van der Waals surface area (Å²) in [5.41, 5.74) is 2.77. The zero-order valence-electron chi connectivity index (χ0n) is 15.1. The molecule has 1 aliphatic rings. The standard InChI is InChI=1S/C20H24N2O3S/c1-3-20(23)21-17-9-11-18(12-10-17)26(24,25)22-13-5-8-19(22)16-7-4-6-15(2)14-16/h4,6-7,9-12,14,19H,3,5,8,13H2,1-2H3,(H,21,23)/t19-/m0/s1. The van der Waals surface area contributed by atoms with E-state index in [4.69, 9.17) is 0 Å². The van der Waals surface area contributed by atoms with Crippen molar-refractivity contribution in [3.63, 3.8) is 0 Å². The molecule has 1 fully saturated rings. The van der Waals surface area contributed by atoms with Crippen LogP contribution in [0.2, 0.25) is 0 Å². The third-order valence-electron chi connectivity index (χ3n) is 4.70. The number of aryl methyl sites for hydroxylation is 1. The Balaban J connectivity index is 1.86. The van der Waals surface area contributed by atoms with Gasteiger partial charge >= 0.3 is 0 Å². The number of amides is 1. The van der Waals surface area contributed by atoms with Crippen molar-refractivity contribution in [1.29, 1.82) is 0 Å². The van der Waals surface area contributed by atoms with Crippen LogP contribution in [-0.2, 0) is 14.8 Å². The summed E-state index contributed by atoms with van der Waals surface area (Å²) in [5, 5.41) is 2.73. The molecule has 1 heterocycles. The smallest absolute Gasteiger partial charge is 0.243 e. The lowest BCUT2D eigenvalue weighted by Gasteiger charge is -2.25. The predicted molar refractivity (Wildman–Crippen MR) is 102 cm³/mol. The van der Waals surface area contributed by atoms with Gasteiger partial charge in [-0.1, -0.05) is 36.8 Å². The number of nitrogens with zero attached hydrogens (tertiary/aromatic N) is 1. The van der Waals surface area contributed by atoms with Gasteiger partial charge in [0, 0.05) is 18.7 Å². The van der Waals surface area contributed by atoms with Gasteiger partial charge in [-0.05, 0) is 49.6 Å². The zero-order chi connectivity index (χ0) is 18.7. The van der Waals surface area contributed by atoms with Crippen LogP contribution in [0.4, 0.5) is 5.69 Å². The third-order valence-corrected chi connectivity index (χ3v) is 6.62. The number of sulfonamides is 1. The van der Waals surface area contributed by atoms with Crippen molar-refractivity contribution >= 4 is 21.6 Å². The maximum absolute atomic E-state index is 13.1. The van der Waals surface area contributed by atoms with Crippen molar-refractivity contribution in [1.82, 2.24) is 4.31 Å². The number of anilines is 1. The molecular formula is C20H24N2O3S. The van der Waals surface area contributed by atoms with Gasteiger partial charge in [-0.3, -0.25) is 4.79 Å². The number of carbonyl (C=O) groups is 1. The molecule has 138 valence electrons. The number of rotatable bonds is 5. The van der Waals surface area contributed by atoms with E-state index < -0.39 is 10.0 Å². The number of benzene rings is 2. The van der Waals surface area contributed by atoms with Crippen LogP contribution in [0.1, 0.15) is 43.4 Å². The molecule has 0 bridgehead atoms. The van der Waals surface area contributed by atoms with Crippen LogP contribution >= 0.6 is 0 Å².